The molecular formula is C12H22N2O. The van der Waals surface area contributed by atoms with Crippen molar-refractivity contribution in [2.24, 2.45) is 17.1 Å². The number of amides is 1. The van der Waals surface area contributed by atoms with E-state index in [1.54, 1.807) is 0 Å². The van der Waals surface area contributed by atoms with Crippen molar-refractivity contribution < 1.29 is 4.79 Å². The van der Waals surface area contributed by atoms with Crippen LogP contribution in [0.15, 0.2) is 0 Å². The van der Waals surface area contributed by atoms with Crippen LogP contribution in [0.4, 0.5) is 0 Å². The summed E-state index contributed by atoms with van der Waals surface area (Å²) in [5.74, 6) is 0.667. The second kappa shape index (κ2) is 3.78. The van der Waals surface area contributed by atoms with E-state index in [0.29, 0.717) is 11.3 Å². The van der Waals surface area contributed by atoms with E-state index < -0.39 is 0 Å². The molecule has 0 aromatic heterocycles. The molecule has 2 aliphatic rings. The number of likely N-dealkylation sites (tertiary alicyclic amines) is 1. The monoisotopic (exact) mass is 210 g/mol. The zero-order valence-electron chi connectivity index (χ0n) is 9.83. The van der Waals surface area contributed by atoms with Crippen LogP contribution in [0.3, 0.4) is 0 Å². The first kappa shape index (κ1) is 10.9. The largest absolute Gasteiger partial charge is 0.341 e. The first-order valence-electron chi connectivity index (χ1n) is 6.10. The minimum atomic E-state index is -0.218. The molecule has 2 fully saturated rings. The van der Waals surface area contributed by atoms with Crippen LogP contribution < -0.4 is 5.73 Å². The summed E-state index contributed by atoms with van der Waals surface area (Å²) in [5.41, 5.74) is 6.27. The second-order valence-corrected chi connectivity index (χ2v) is 5.54. The quantitative estimate of drug-likeness (QED) is 0.764. The molecule has 0 aromatic rings. The first-order valence-corrected chi connectivity index (χ1v) is 6.10. The molecule has 2 rings (SSSR count). The minimum absolute atomic E-state index is 0.190. The maximum absolute atomic E-state index is 12.0. The van der Waals surface area contributed by atoms with Gasteiger partial charge in [-0.1, -0.05) is 13.8 Å². The summed E-state index contributed by atoms with van der Waals surface area (Å²) in [5, 5.41) is 0. The zero-order chi connectivity index (χ0) is 11.1. The van der Waals surface area contributed by atoms with Gasteiger partial charge in [0, 0.05) is 13.1 Å². The Balaban J connectivity index is 1.92. The van der Waals surface area contributed by atoms with E-state index in [1.807, 2.05) is 4.90 Å². The van der Waals surface area contributed by atoms with Crippen molar-refractivity contribution in [3.8, 4) is 0 Å². The summed E-state index contributed by atoms with van der Waals surface area (Å²) in [6.07, 6.45) is 4.57. The Morgan fingerprint density at radius 3 is 2.73 bits per heavy atom. The molecule has 15 heavy (non-hydrogen) atoms. The van der Waals surface area contributed by atoms with E-state index in [9.17, 15) is 4.79 Å². The molecule has 0 aromatic carbocycles. The molecule has 3 heteroatoms. The van der Waals surface area contributed by atoms with Crippen LogP contribution in [0.25, 0.3) is 0 Å². The third-order valence-electron chi connectivity index (χ3n) is 4.14. The number of carbonyl (C=O) groups is 1. The molecule has 86 valence electrons. The lowest BCUT2D eigenvalue weighted by molar-refractivity contribution is -0.132. The molecule has 1 heterocycles. The summed E-state index contributed by atoms with van der Waals surface area (Å²) in [4.78, 5) is 14.0. The number of hydrogen-bond acceptors (Lipinski definition) is 2. The molecule has 2 atom stereocenters. The van der Waals surface area contributed by atoms with Crippen LogP contribution in [0, 0.1) is 11.3 Å². The highest BCUT2D eigenvalue weighted by atomic mass is 16.2. The first-order chi connectivity index (χ1) is 7.06. The molecular weight excluding hydrogens is 188 g/mol. The van der Waals surface area contributed by atoms with Crippen molar-refractivity contribution in [1.82, 2.24) is 4.90 Å². The normalized spacial score (nSPS) is 33.1. The lowest BCUT2D eigenvalue weighted by Gasteiger charge is -2.24. The summed E-state index contributed by atoms with van der Waals surface area (Å²) in [6.45, 7) is 6.28. The second-order valence-electron chi connectivity index (χ2n) is 5.54. The molecule has 0 unspecified atom stereocenters. The Hall–Kier alpha value is -0.570. The van der Waals surface area contributed by atoms with Crippen molar-refractivity contribution in [1.29, 1.82) is 0 Å². The third kappa shape index (κ3) is 2.17. The molecule has 1 aliphatic heterocycles. The van der Waals surface area contributed by atoms with Gasteiger partial charge in [0.2, 0.25) is 5.91 Å². The van der Waals surface area contributed by atoms with E-state index in [1.165, 1.54) is 0 Å². The molecule has 1 saturated carbocycles. The average Bonchev–Trinajstić information content (AvgIpc) is 3.00. The van der Waals surface area contributed by atoms with Gasteiger partial charge in [-0.15, -0.1) is 0 Å². The van der Waals surface area contributed by atoms with Gasteiger partial charge < -0.3 is 10.6 Å². The molecule has 2 N–H and O–H groups in total. The van der Waals surface area contributed by atoms with Crippen molar-refractivity contribution in [2.45, 2.75) is 45.6 Å². The fourth-order valence-electron chi connectivity index (χ4n) is 2.37. The topological polar surface area (TPSA) is 46.3 Å². The summed E-state index contributed by atoms with van der Waals surface area (Å²) < 4.78 is 0. The van der Waals surface area contributed by atoms with Crippen LogP contribution in [-0.2, 0) is 4.79 Å². The fraction of sp³-hybridized carbons (Fsp3) is 0.917. The van der Waals surface area contributed by atoms with Gasteiger partial charge in [-0.2, -0.15) is 0 Å². The number of nitrogens with two attached hydrogens (primary N) is 1. The standard InChI is InChI=1S/C12H22N2O/c1-3-12(2)6-7-14(8-12)11(15)10(13)9-4-5-9/h9-10H,3-8,13H2,1-2H3/t10-,12+/m1/s1. The van der Waals surface area contributed by atoms with E-state index in [-0.39, 0.29) is 11.9 Å². The van der Waals surface area contributed by atoms with E-state index >= 15 is 0 Å². The number of nitrogens with zero attached hydrogens (tertiary/aromatic N) is 1. The van der Waals surface area contributed by atoms with Gasteiger partial charge in [0.25, 0.3) is 0 Å². The van der Waals surface area contributed by atoms with Crippen LogP contribution in [0.5, 0.6) is 0 Å². The Morgan fingerprint density at radius 1 is 1.60 bits per heavy atom. The van der Waals surface area contributed by atoms with E-state index in [2.05, 4.69) is 13.8 Å². The van der Waals surface area contributed by atoms with E-state index in [0.717, 1.165) is 38.8 Å². The van der Waals surface area contributed by atoms with Crippen molar-refractivity contribution in [2.75, 3.05) is 13.1 Å². The Labute approximate surface area is 92.0 Å². The Kier molecular flexibility index (Phi) is 2.75. The molecule has 0 spiro atoms. The van der Waals surface area contributed by atoms with Gasteiger partial charge in [0.15, 0.2) is 0 Å². The molecule has 1 aliphatic carbocycles. The van der Waals surface area contributed by atoms with Crippen LogP contribution in [-0.4, -0.2) is 29.9 Å². The highest BCUT2D eigenvalue weighted by molar-refractivity contribution is 5.82. The molecule has 0 bridgehead atoms. The van der Waals surface area contributed by atoms with Gasteiger partial charge in [-0.05, 0) is 37.0 Å². The highest BCUT2D eigenvalue weighted by Crippen LogP contribution is 2.36. The lowest BCUT2D eigenvalue weighted by Crippen LogP contribution is -2.44. The summed E-state index contributed by atoms with van der Waals surface area (Å²) >= 11 is 0. The van der Waals surface area contributed by atoms with Crippen LogP contribution in [0.2, 0.25) is 0 Å². The molecule has 0 radical (unpaired) electrons. The maximum atomic E-state index is 12.0. The Morgan fingerprint density at radius 2 is 2.27 bits per heavy atom. The predicted molar refractivity (Wildman–Crippen MR) is 60.3 cm³/mol. The fourth-order valence-corrected chi connectivity index (χ4v) is 2.37. The average molecular weight is 210 g/mol. The minimum Gasteiger partial charge on any atom is -0.341 e. The maximum Gasteiger partial charge on any atom is 0.239 e. The zero-order valence-corrected chi connectivity index (χ0v) is 9.83. The number of rotatable bonds is 3. The highest BCUT2D eigenvalue weighted by Gasteiger charge is 2.40. The van der Waals surface area contributed by atoms with Gasteiger partial charge >= 0.3 is 0 Å². The molecule has 1 saturated heterocycles. The van der Waals surface area contributed by atoms with E-state index in [4.69, 9.17) is 5.73 Å². The van der Waals surface area contributed by atoms with Gasteiger partial charge in [0.05, 0.1) is 6.04 Å². The molecule has 1 amide bonds. The predicted octanol–water partition coefficient (Wildman–Crippen LogP) is 1.37. The third-order valence-corrected chi connectivity index (χ3v) is 4.14. The van der Waals surface area contributed by atoms with Gasteiger partial charge in [-0.25, -0.2) is 0 Å². The molecule has 3 nitrogen and oxygen atoms in total. The number of hydrogen-bond donors (Lipinski definition) is 1. The van der Waals surface area contributed by atoms with Gasteiger partial charge in [-0.3, -0.25) is 4.79 Å². The summed E-state index contributed by atoms with van der Waals surface area (Å²) in [6, 6.07) is -0.218. The summed E-state index contributed by atoms with van der Waals surface area (Å²) in [7, 11) is 0. The van der Waals surface area contributed by atoms with Crippen molar-refractivity contribution >= 4 is 5.91 Å². The lowest BCUT2D eigenvalue weighted by atomic mass is 9.87. The smallest absolute Gasteiger partial charge is 0.239 e. The van der Waals surface area contributed by atoms with Gasteiger partial charge in [0.1, 0.15) is 0 Å². The van der Waals surface area contributed by atoms with Crippen LogP contribution in [0.1, 0.15) is 39.5 Å². The number of carbonyl (C=O) groups excluding carboxylic acids is 1. The Bertz CT molecular complexity index is 262. The van der Waals surface area contributed by atoms with Crippen molar-refractivity contribution in [3.63, 3.8) is 0 Å². The van der Waals surface area contributed by atoms with Crippen molar-refractivity contribution in [3.05, 3.63) is 0 Å². The SMILES string of the molecule is CC[C@@]1(C)CCN(C(=O)[C@H](N)C2CC2)C1. The van der Waals surface area contributed by atoms with Crippen LogP contribution >= 0.6 is 0 Å².